The average Bonchev–Trinajstić information content (AvgIpc) is 2.96. The number of hydrogen-bond acceptors (Lipinski definition) is 4. The van der Waals surface area contributed by atoms with Crippen molar-refractivity contribution in [1.82, 2.24) is 0 Å². The number of methoxy groups -OCH3 is 1. The average molecular weight is 655 g/mol. The highest BCUT2D eigenvalue weighted by molar-refractivity contribution is 14.1. The Kier molecular flexibility index (Phi) is 11.0. The molecule has 3 aromatic carbocycles. The first-order chi connectivity index (χ1) is 19.0. The van der Waals surface area contributed by atoms with Gasteiger partial charge in [-0.1, -0.05) is 105 Å². The Bertz CT molecular complexity index is 1320. The molecule has 0 saturated heterocycles. The Morgan fingerprint density at radius 2 is 1.52 bits per heavy atom. The molecule has 0 fully saturated rings. The van der Waals surface area contributed by atoms with E-state index in [1.807, 2.05) is 32.1 Å². The number of halogens is 1. The van der Waals surface area contributed by atoms with Crippen LogP contribution in [0.4, 0.5) is 0 Å². The van der Waals surface area contributed by atoms with Gasteiger partial charge in [-0.3, -0.25) is 0 Å². The van der Waals surface area contributed by atoms with E-state index in [0.717, 1.165) is 28.9 Å². The molecule has 0 aliphatic rings. The molecule has 0 amide bonds. The van der Waals surface area contributed by atoms with E-state index in [0.29, 0.717) is 28.9 Å². The van der Waals surface area contributed by atoms with Crippen molar-refractivity contribution in [1.29, 1.82) is 0 Å². The van der Waals surface area contributed by atoms with Gasteiger partial charge in [0.1, 0.15) is 12.4 Å². The fourth-order valence-corrected chi connectivity index (χ4v) is 6.45. The van der Waals surface area contributed by atoms with Crippen LogP contribution in [0.1, 0.15) is 90.7 Å². The quantitative estimate of drug-likeness (QED) is 0.121. The number of aliphatic hydroxyl groups is 1. The topological polar surface area (TPSA) is 55.8 Å². The van der Waals surface area contributed by atoms with Gasteiger partial charge in [0.05, 0.1) is 18.3 Å². The van der Waals surface area contributed by atoms with Crippen LogP contribution in [0.3, 0.4) is 0 Å². The van der Waals surface area contributed by atoms with E-state index in [2.05, 4.69) is 92.8 Å². The molecule has 0 radical (unpaired) electrons. The van der Waals surface area contributed by atoms with E-state index < -0.39 is 5.60 Å². The molecule has 0 aliphatic heterocycles. The first-order valence-corrected chi connectivity index (χ1v) is 15.4. The third-order valence-corrected chi connectivity index (χ3v) is 9.34. The van der Waals surface area contributed by atoms with E-state index >= 15 is 0 Å². The lowest BCUT2D eigenvalue weighted by molar-refractivity contribution is 0.0600. The van der Waals surface area contributed by atoms with Crippen molar-refractivity contribution >= 4 is 34.6 Å². The van der Waals surface area contributed by atoms with Gasteiger partial charge in [0.25, 0.3) is 0 Å². The van der Waals surface area contributed by atoms with Crippen molar-refractivity contribution in [3.8, 4) is 5.75 Å². The summed E-state index contributed by atoms with van der Waals surface area (Å²) in [6, 6.07) is 20.6. The zero-order valence-corrected chi connectivity index (χ0v) is 27.0. The van der Waals surface area contributed by atoms with Crippen molar-refractivity contribution in [2.24, 2.45) is 0 Å². The zero-order chi connectivity index (χ0) is 29.5. The molecular formula is C35H43IO4. The van der Waals surface area contributed by atoms with Crippen LogP contribution in [0.2, 0.25) is 0 Å². The standard InChI is InChI=1S/C35H43IO4/c1-8-34(38,9-2)20-19-28-15-16-30(21-24(28)4)35(10-3,26(6)36)31-17-18-32(25(5)22-31)40-23-27-11-13-29(14-12-27)33(37)39-7/h11-22,26,38H,8-10,23H2,1-7H3. The molecule has 4 nitrogen and oxygen atoms in total. The molecule has 0 saturated carbocycles. The Morgan fingerprint density at radius 3 is 2.02 bits per heavy atom. The van der Waals surface area contributed by atoms with Gasteiger partial charge in [-0.15, -0.1) is 0 Å². The minimum absolute atomic E-state index is 0.159. The molecule has 5 heteroatoms. The molecule has 0 aromatic heterocycles. The van der Waals surface area contributed by atoms with Crippen LogP contribution in [-0.4, -0.2) is 27.7 Å². The normalized spacial score (nSPS) is 14.1. The highest BCUT2D eigenvalue weighted by Gasteiger charge is 2.37. The van der Waals surface area contributed by atoms with Crippen molar-refractivity contribution in [3.63, 3.8) is 0 Å². The first kappa shape index (κ1) is 31.9. The number of carbonyl (C=O) groups excluding carboxylic acids is 1. The van der Waals surface area contributed by atoms with E-state index in [1.54, 1.807) is 12.1 Å². The van der Waals surface area contributed by atoms with Gasteiger partial charge < -0.3 is 14.6 Å². The minimum Gasteiger partial charge on any atom is -0.489 e. The summed E-state index contributed by atoms with van der Waals surface area (Å²) in [6.45, 7) is 13.2. The first-order valence-electron chi connectivity index (χ1n) is 14.1. The second kappa shape index (κ2) is 13.8. The Balaban J connectivity index is 1.88. The summed E-state index contributed by atoms with van der Waals surface area (Å²) in [4.78, 5) is 11.7. The molecule has 3 rings (SSSR count). The summed E-state index contributed by atoms with van der Waals surface area (Å²) in [5.41, 5.74) is 6.59. The molecular weight excluding hydrogens is 611 g/mol. The number of esters is 1. The molecule has 0 spiro atoms. The minimum atomic E-state index is -0.761. The number of alkyl halides is 1. The maximum Gasteiger partial charge on any atom is 0.337 e. The van der Waals surface area contributed by atoms with Gasteiger partial charge in [0.15, 0.2) is 0 Å². The van der Waals surface area contributed by atoms with Crippen LogP contribution in [0.25, 0.3) is 6.08 Å². The van der Waals surface area contributed by atoms with Gasteiger partial charge in [0, 0.05) is 9.34 Å². The van der Waals surface area contributed by atoms with Crippen molar-refractivity contribution in [3.05, 3.63) is 106 Å². The molecule has 0 bridgehead atoms. The summed E-state index contributed by atoms with van der Waals surface area (Å²) < 4.78 is 11.3. The highest BCUT2D eigenvalue weighted by atomic mass is 127. The highest BCUT2D eigenvalue weighted by Crippen LogP contribution is 2.44. The molecule has 2 unspecified atom stereocenters. The third kappa shape index (κ3) is 6.98. The number of ether oxygens (including phenoxy) is 2. The van der Waals surface area contributed by atoms with E-state index in [1.165, 1.54) is 23.8 Å². The summed E-state index contributed by atoms with van der Waals surface area (Å²) >= 11 is 2.57. The number of aryl methyl sites for hydroxylation is 2. The summed E-state index contributed by atoms with van der Waals surface area (Å²) in [6.07, 6.45) is 6.36. The fourth-order valence-electron chi connectivity index (χ4n) is 5.29. The van der Waals surface area contributed by atoms with E-state index in [4.69, 9.17) is 9.47 Å². The summed E-state index contributed by atoms with van der Waals surface area (Å²) in [5, 5.41) is 10.7. The maximum absolute atomic E-state index is 11.7. The van der Waals surface area contributed by atoms with Crippen LogP contribution in [0.15, 0.2) is 66.7 Å². The fraction of sp³-hybridized carbons (Fsp3) is 0.400. The largest absolute Gasteiger partial charge is 0.489 e. The van der Waals surface area contributed by atoms with E-state index in [9.17, 15) is 9.90 Å². The van der Waals surface area contributed by atoms with Gasteiger partial charge in [-0.25, -0.2) is 4.79 Å². The van der Waals surface area contributed by atoms with Crippen LogP contribution < -0.4 is 4.74 Å². The van der Waals surface area contributed by atoms with Crippen molar-refractivity contribution in [2.45, 2.75) is 82.4 Å². The predicted molar refractivity (Wildman–Crippen MR) is 174 cm³/mol. The third-order valence-electron chi connectivity index (χ3n) is 8.28. The monoisotopic (exact) mass is 654 g/mol. The van der Waals surface area contributed by atoms with Crippen molar-refractivity contribution in [2.75, 3.05) is 7.11 Å². The second-order valence-corrected chi connectivity index (χ2v) is 12.5. The van der Waals surface area contributed by atoms with Gasteiger partial charge in [-0.2, -0.15) is 0 Å². The number of hydrogen-bond donors (Lipinski definition) is 1. The predicted octanol–water partition coefficient (Wildman–Crippen LogP) is 8.75. The summed E-state index contributed by atoms with van der Waals surface area (Å²) in [5.74, 6) is 0.507. The van der Waals surface area contributed by atoms with Gasteiger partial charge in [0.2, 0.25) is 0 Å². The van der Waals surface area contributed by atoms with Crippen LogP contribution >= 0.6 is 22.6 Å². The number of rotatable bonds is 12. The molecule has 40 heavy (non-hydrogen) atoms. The number of carbonyl (C=O) groups is 1. The molecule has 3 aromatic rings. The second-order valence-electron chi connectivity index (χ2n) is 10.6. The molecule has 1 N–H and O–H groups in total. The van der Waals surface area contributed by atoms with Crippen LogP contribution in [0.5, 0.6) is 5.75 Å². The smallest absolute Gasteiger partial charge is 0.337 e. The SMILES string of the molecule is CCC(O)(C=Cc1ccc(C(CC)(c2ccc(OCc3ccc(C(=O)OC)cc3)c(C)c2)C(C)I)cc1C)CC. The molecule has 0 aliphatic carbocycles. The maximum atomic E-state index is 11.7. The molecule has 214 valence electrons. The van der Waals surface area contributed by atoms with Gasteiger partial charge >= 0.3 is 5.97 Å². The van der Waals surface area contributed by atoms with Crippen LogP contribution in [-0.2, 0) is 16.8 Å². The van der Waals surface area contributed by atoms with E-state index in [-0.39, 0.29) is 11.4 Å². The Hall–Kier alpha value is -2.64. The molecule has 0 heterocycles. The summed E-state index contributed by atoms with van der Waals surface area (Å²) in [7, 11) is 1.38. The Labute approximate surface area is 254 Å². The van der Waals surface area contributed by atoms with Crippen LogP contribution in [0, 0.1) is 13.8 Å². The van der Waals surface area contributed by atoms with Crippen molar-refractivity contribution < 1.29 is 19.4 Å². The lowest BCUT2D eigenvalue weighted by Gasteiger charge is -2.38. The number of benzene rings is 3. The lowest BCUT2D eigenvalue weighted by atomic mass is 9.69. The zero-order valence-electron chi connectivity index (χ0n) is 24.9. The Morgan fingerprint density at radius 1 is 0.925 bits per heavy atom. The lowest BCUT2D eigenvalue weighted by Crippen LogP contribution is -2.35. The molecule has 2 atom stereocenters. The van der Waals surface area contributed by atoms with Gasteiger partial charge in [-0.05, 0) is 84.7 Å².